The van der Waals surface area contributed by atoms with Crippen LogP contribution in [0.25, 0.3) is 0 Å². The summed E-state index contributed by atoms with van der Waals surface area (Å²) in [5, 5.41) is 11.9. The van der Waals surface area contributed by atoms with E-state index in [-0.39, 0.29) is 25.5 Å². The van der Waals surface area contributed by atoms with E-state index in [2.05, 4.69) is 5.32 Å². The highest BCUT2D eigenvalue weighted by Gasteiger charge is 2.52. The van der Waals surface area contributed by atoms with Gasteiger partial charge in [-0.3, -0.25) is 14.4 Å². The van der Waals surface area contributed by atoms with Gasteiger partial charge in [-0.1, -0.05) is 37.3 Å². The second-order valence-corrected chi connectivity index (χ2v) is 7.83. The van der Waals surface area contributed by atoms with Gasteiger partial charge < -0.3 is 34.1 Å². The molecule has 10 nitrogen and oxygen atoms in total. The fourth-order valence-corrected chi connectivity index (χ4v) is 3.57. The molecule has 2 aliphatic rings. The summed E-state index contributed by atoms with van der Waals surface area (Å²) >= 11 is 0. The lowest BCUT2D eigenvalue weighted by molar-refractivity contribution is -0.345. The fourth-order valence-electron chi connectivity index (χ4n) is 3.57. The van der Waals surface area contributed by atoms with Crippen LogP contribution in [-0.4, -0.2) is 66.8 Å². The van der Waals surface area contributed by atoms with Gasteiger partial charge in [0.05, 0.1) is 19.1 Å². The Hall–Kier alpha value is -2.53. The van der Waals surface area contributed by atoms with E-state index >= 15 is 0 Å². The first-order chi connectivity index (χ1) is 15.3. The molecular weight excluding hydrogens is 422 g/mol. The normalized spacial score (nSPS) is 30.6. The van der Waals surface area contributed by atoms with Gasteiger partial charge in [-0.25, -0.2) is 0 Å². The largest absolute Gasteiger partial charge is 0.481 e. The lowest BCUT2D eigenvalue weighted by atomic mass is 9.95. The second-order valence-electron chi connectivity index (χ2n) is 7.83. The third kappa shape index (κ3) is 5.83. The monoisotopic (exact) mass is 451 g/mol. The Labute approximate surface area is 186 Å². The number of amides is 1. The predicted octanol–water partition coefficient (Wildman–Crippen LogP) is 1.39. The Morgan fingerprint density at radius 3 is 2.56 bits per heavy atom. The van der Waals surface area contributed by atoms with E-state index in [1.165, 1.54) is 13.8 Å². The minimum atomic E-state index is -1.06. The molecule has 32 heavy (non-hydrogen) atoms. The highest BCUT2D eigenvalue weighted by Crippen LogP contribution is 2.36. The molecule has 1 aromatic rings. The van der Waals surface area contributed by atoms with Crippen LogP contribution in [0.15, 0.2) is 30.3 Å². The summed E-state index contributed by atoms with van der Waals surface area (Å²) in [4.78, 5) is 35.3. The minimum absolute atomic E-state index is 0.127. The molecule has 0 bridgehead atoms. The van der Waals surface area contributed by atoms with Crippen molar-refractivity contribution >= 4 is 17.8 Å². The highest BCUT2D eigenvalue weighted by molar-refractivity contribution is 5.73. The summed E-state index contributed by atoms with van der Waals surface area (Å²) in [6, 6.07) is 8.39. The smallest absolute Gasteiger partial charge is 0.308 e. The number of hydrogen-bond donors (Lipinski definition) is 2. The molecule has 7 atom stereocenters. The number of fused-ring (bicyclic) bond motifs is 1. The molecule has 1 aromatic carbocycles. The molecule has 0 saturated carbocycles. The molecule has 2 saturated heterocycles. The topological polar surface area (TPSA) is 130 Å². The van der Waals surface area contributed by atoms with Gasteiger partial charge in [0.25, 0.3) is 0 Å². The van der Waals surface area contributed by atoms with Crippen molar-refractivity contribution in [1.82, 2.24) is 5.32 Å². The Morgan fingerprint density at radius 2 is 1.94 bits per heavy atom. The minimum Gasteiger partial charge on any atom is -0.481 e. The van der Waals surface area contributed by atoms with Gasteiger partial charge in [0.15, 0.2) is 18.7 Å². The summed E-state index contributed by atoms with van der Waals surface area (Å²) in [5.74, 6) is -2.69. The number of carboxylic acid groups (broad SMARTS) is 1. The van der Waals surface area contributed by atoms with Crippen LogP contribution >= 0.6 is 0 Å². The first kappa shape index (κ1) is 24.1. The Morgan fingerprint density at radius 1 is 1.22 bits per heavy atom. The number of esters is 1. The summed E-state index contributed by atoms with van der Waals surface area (Å²) in [7, 11) is 0. The van der Waals surface area contributed by atoms with Crippen molar-refractivity contribution in [3.8, 4) is 0 Å². The van der Waals surface area contributed by atoms with E-state index < -0.39 is 54.8 Å². The Bertz CT molecular complexity index is 802. The summed E-state index contributed by atoms with van der Waals surface area (Å²) in [5.41, 5.74) is 0.788. The standard InChI is InChI=1S/C22H29NO9/c1-4-16(25)31-19-17(23-13(3)24)22(28-10-12(2)20(26)27)30-15-11-29-21(32-18(15)19)14-8-6-5-7-9-14/h5-9,12,15,17-19,21-22H,4,10-11H2,1-3H3,(H,23,24)(H,26,27)/t12?,15?,17?,18-,19+,21?,22+/m0/s1. The van der Waals surface area contributed by atoms with Gasteiger partial charge in [-0.2, -0.15) is 0 Å². The van der Waals surface area contributed by atoms with Crippen LogP contribution < -0.4 is 5.32 Å². The fraction of sp³-hybridized carbons (Fsp3) is 0.591. The zero-order valence-corrected chi connectivity index (χ0v) is 18.3. The molecule has 176 valence electrons. The van der Waals surface area contributed by atoms with Crippen LogP contribution in [-0.2, 0) is 38.1 Å². The van der Waals surface area contributed by atoms with Crippen molar-refractivity contribution in [2.24, 2.45) is 5.92 Å². The van der Waals surface area contributed by atoms with Crippen LogP contribution in [0.4, 0.5) is 0 Å². The van der Waals surface area contributed by atoms with Crippen molar-refractivity contribution in [2.45, 2.75) is 64.1 Å². The van der Waals surface area contributed by atoms with Crippen molar-refractivity contribution in [1.29, 1.82) is 0 Å². The molecular formula is C22H29NO9. The second kappa shape index (κ2) is 10.9. The molecule has 2 N–H and O–H groups in total. The van der Waals surface area contributed by atoms with E-state index in [4.69, 9.17) is 28.8 Å². The summed E-state index contributed by atoms with van der Waals surface area (Å²) in [6.45, 7) is 4.45. The molecule has 10 heteroatoms. The number of nitrogens with one attached hydrogen (secondary N) is 1. The number of carboxylic acids is 1. The van der Waals surface area contributed by atoms with Crippen molar-refractivity contribution in [3.63, 3.8) is 0 Å². The van der Waals surface area contributed by atoms with Gasteiger partial charge in [0.1, 0.15) is 18.2 Å². The summed E-state index contributed by atoms with van der Waals surface area (Å²) < 4.78 is 29.3. The van der Waals surface area contributed by atoms with Gasteiger partial charge in [0, 0.05) is 18.9 Å². The van der Waals surface area contributed by atoms with E-state index in [9.17, 15) is 14.4 Å². The maximum Gasteiger partial charge on any atom is 0.308 e. The van der Waals surface area contributed by atoms with Crippen LogP contribution in [0.5, 0.6) is 0 Å². The third-order valence-corrected chi connectivity index (χ3v) is 5.27. The maximum atomic E-state index is 12.2. The molecule has 0 aliphatic carbocycles. The van der Waals surface area contributed by atoms with Crippen LogP contribution in [0, 0.1) is 5.92 Å². The maximum absolute atomic E-state index is 12.2. The van der Waals surface area contributed by atoms with Gasteiger partial charge in [-0.05, 0) is 6.92 Å². The average molecular weight is 451 g/mol. The van der Waals surface area contributed by atoms with E-state index in [0.29, 0.717) is 0 Å². The van der Waals surface area contributed by atoms with Crippen LogP contribution in [0.1, 0.15) is 39.0 Å². The molecule has 2 aliphatic heterocycles. The highest BCUT2D eigenvalue weighted by atomic mass is 16.8. The molecule has 2 fully saturated rings. The SMILES string of the molecule is CCC(=O)O[C@@H]1C(NC(C)=O)[C@H](OCC(C)C(=O)O)OC2COC(c3ccccc3)O[C@@H]21. The van der Waals surface area contributed by atoms with Gasteiger partial charge >= 0.3 is 11.9 Å². The number of benzene rings is 1. The zero-order chi connectivity index (χ0) is 23.3. The first-order valence-electron chi connectivity index (χ1n) is 10.6. The van der Waals surface area contributed by atoms with E-state index in [1.54, 1.807) is 6.92 Å². The zero-order valence-electron chi connectivity index (χ0n) is 18.3. The third-order valence-electron chi connectivity index (χ3n) is 5.27. The lowest BCUT2D eigenvalue weighted by Crippen LogP contribution is -2.67. The Kier molecular flexibility index (Phi) is 8.19. The predicted molar refractivity (Wildman–Crippen MR) is 109 cm³/mol. The van der Waals surface area contributed by atoms with Crippen molar-refractivity contribution in [3.05, 3.63) is 35.9 Å². The number of hydrogen-bond acceptors (Lipinski definition) is 8. The van der Waals surface area contributed by atoms with Crippen LogP contribution in [0.2, 0.25) is 0 Å². The molecule has 0 aromatic heterocycles. The lowest BCUT2D eigenvalue weighted by Gasteiger charge is -2.48. The molecule has 4 unspecified atom stereocenters. The molecule has 0 spiro atoms. The number of carbonyl (C=O) groups is 3. The van der Waals surface area contributed by atoms with Crippen LogP contribution in [0.3, 0.4) is 0 Å². The van der Waals surface area contributed by atoms with Gasteiger partial charge in [0.2, 0.25) is 5.91 Å². The molecule has 2 heterocycles. The number of carbonyl (C=O) groups excluding carboxylic acids is 2. The van der Waals surface area contributed by atoms with Crippen molar-refractivity contribution < 1.29 is 43.2 Å². The van der Waals surface area contributed by atoms with E-state index in [0.717, 1.165) is 5.56 Å². The molecule has 3 rings (SSSR count). The number of ether oxygens (including phenoxy) is 5. The first-order valence-corrected chi connectivity index (χ1v) is 10.6. The summed E-state index contributed by atoms with van der Waals surface area (Å²) in [6.07, 6.45) is -3.95. The van der Waals surface area contributed by atoms with E-state index in [1.807, 2.05) is 30.3 Å². The van der Waals surface area contributed by atoms with Crippen molar-refractivity contribution in [2.75, 3.05) is 13.2 Å². The number of rotatable bonds is 8. The average Bonchev–Trinajstić information content (AvgIpc) is 2.78. The quantitative estimate of drug-likeness (QED) is 0.563. The number of aliphatic carboxylic acids is 1. The molecule has 0 radical (unpaired) electrons. The van der Waals surface area contributed by atoms with Gasteiger partial charge in [-0.15, -0.1) is 0 Å². The molecule has 1 amide bonds. The Balaban J connectivity index is 1.86.